The van der Waals surface area contributed by atoms with E-state index >= 15 is 0 Å². The molecule has 1 aliphatic rings. The average molecular weight is 249 g/mol. The van der Waals surface area contributed by atoms with E-state index in [0.717, 1.165) is 12.0 Å². The molecule has 1 amide bonds. The van der Waals surface area contributed by atoms with Gasteiger partial charge < -0.3 is 14.4 Å². The summed E-state index contributed by atoms with van der Waals surface area (Å²) in [6.07, 6.45) is 0.811. The van der Waals surface area contributed by atoms with Crippen LogP contribution < -0.4 is 0 Å². The Morgan fingerprint density at radius 2 is 2.22 bits per heavy atom. The Balaban J connectivity index is 1.81. The van der Waals surface area contributed by atoms with E-state index in [0.29, 0.717) is 26.3 Å². The fourth-order valence-corrected chi connectivity index (χ4v) is 1.94. The average Bonchev–Trinajstić information content (AvgIpc) is 2.46. The van der Waals surface area contributed by atoms with Crippen molar-refractivity contribution in [2.75, 3.05) is 19.7 Å². The van der Waals surface area contributed by atoms with Crippen molar-refractivity contribution in [3.8, 4) is 0 Å². The van der Waals surface area contributed by atoms with E-state index in [2.05, 4.69) is 6.92 Å². The summed E-state index contributed by atoms with van der Waals surface area (Å²) in [5.41, 5.74) is 1.01. The molecule has 0 saturated carbocycles. The molecule has 1 aliphatic heterocycles. The second kappa shape index (κ2) is 6.40. The maximum atomic E-state index is 11.9. The van der Waals surface area contributed by atoms with Crippen LogP contribution in [0.1, 0.15) is 18.9 Å². The molecular formula is C14H19NO3. The van der Waals surface area contributed by atoms with Crippen LogP contribution in [-0.4, -0.2) is 36.8 Å². The zero-order valence-corrected chi connectivity index (χ0v) is 10.7. The Bertz CT molecular complexity index is 380. The predicted molar refractivity (Wildman–Crippen MR) is 68.2 cm³/mol. The number of carbonyl (C=O) groups is 1. The lowest BCUT2D eigenvalue weighted by Crippen LogP contribution is -2.45. The highest BCUT2D eigenvalue weighted by Crippen LogP contribution is 2.10. The molecule has 0 spiro atoms. The minimum absolute atomic E-state index is 0.142. The molecule has 0 bridgehead atoms. The Labute approximate surface area is 107 Å². The highest BCUT2D eigenvalue weighted by atomic mass is 16.6. The topological polar surface area (TPSA) is 38.8 Å². The summed E-state index contributed by atoms with van der Waals surface area (Å²) >= 11 is 0. The van der Waals surface area contributed by atoms with Crippen molar-refractivity contribution < 1.29 is 14.3 Å². The van der Waals surface area contributed by atoms with E-state index in [-0.39, 0.29) is 12.2 Å². The van der Waals surface area contributed by atoms with Crippen LogP contribution in [0.2, 0.25) is 0 Å². The molecule has 4 nitrogen and oxygen atoms in total. The van der Waals surface area contributed by atoms with Gasteiger partial charge in [-0.25, -0.2) is 4.79 Å². The van der Waals surface area contributed by atoms with Gasteiger partial charge in [-0.15, -0.1) is 0 Å². The Hall–Kier alpha value is -1.55. The number of rotatable bonds is 3. The fourth-order valence-electron chi connectivity index (χ4n) is 1.94. The van der Waals surface area contributed by atoms with Gasteiger partial charge in [-0.05, 0) is 12.0 Å². The number of amides is 1. The zero-order chi connectivity index (χ0) is 12.8. The van der Waals surface area contributed by atoms with Crippen molar-refractivity contribution in [1.29, 1.82) is 0 Å². The lowest BCUT2D eigenvalue weighted by atomic mass is 10.2. The first-order valence-corrected chi connectivity index (χ1v) is 6.37. The minimum Gasteiger partial charge on any atom is -0.445 e. The Morgan fingerprint density at radius 3 is 2.94 bits per heavy atom. The molecule has 98 valence electrons. The molecule has 1 aromatic carbocycles. The number of hydrogen-bond donors (Lipinski definition) is 0. The molecule has 0 aromatic heterocycles. The molecule has 1 saturated heterocycles. The maximum absolute atomic E-state index is 11.9. The van der Waals surface area contributed by atoms with E-state index in [1.807, 2.05) is 30.3 Å². The smallest absolute Gasteiger partial charge is 0.410 e. The SMILES string of the molecule is CC[C@@H]1CN(C(=O)OCc2ccccc2)CCO1. The van der Waals surface area contributed by atoms with Crippen LogP contribution in [0, 0.1) is 0 Å². The van der Waals surface area contributed by atoms with Crippen molar-refractivity contribution in [1.82, 2.24) is 4.90 Å². The first-order valence-electron chi connectivity index (χ1n) is 6.37. The summed E-state index contributed by atoms with van der Waals surface area (Å²) < 4.78 is 10.8. The molecule has 0 aliphatic carbocycles. The van der Waals surface area contributed by atoms with Crippen LogP contribution in [0.15, 0.2) is 30.3 Å². The molecule has 4 heteroatoms. The van der Waals surface area contributed by atoms with Crippen LogP contribution in [0.5, 0.6) is 0 Å². The van der Waals surface area contributed by atoms with Gasteiger partial charge in [0, 0.05) is 6.54 Å². The zero-order valence-electron chi connectivity index (χ0n) is 10.7. The van der Waals surface area contributed by atoms with Crippen LogP contribution in [0.4, 0.5) is 4.79 Å². The summed E-state index contributed by atoms with van der Waals surface area (Å²) in [7, 11) is 0. The minimum atomic E-state index is -0.249. The van der Waals surface area contributed by atoms with Gasteiger partial charge in [0.2, 0.25) is 0 Å². The second-order valence-electron chi connectivity index (χ2n) is 4.39. The number of ether oxygens (including phenoxy) is 2. The van der Waals surface area contributed by atoms with Gasteiger partial charge in [0.05, 0.1) is 19.3 Å². The third kappa shape index (κ3) is 3.47. The van der Waals surface area contributed by atoms with Gasteiger partial charge in [0.25, 0.3) is 0 Å². The Morgan fingerprint density at radius 1 is 1.44 bits per heavy atom. The van der Waals surface area contributed by atoms with E-state index in [4.69, 9.17) is 9.47 Å². The molecule has 0 unspecified atom stereocenters. The molecule has 18 heavy (non-hydrogen) atoms. The lowest BCUT2D eigenvalue weighted by Gasteiger charge is -2.31. The third-order valence-corrected chi connectivity index (χ3v) is 3.06. The molecular weight excluding hydrogens is 230 g/mol. The summed E-state index contributed by atoms with van der Waals surface area (Å²) in [6, 6.07) is 9.71. The van der Waals surface area contributed by atoms with Crippen molar-refractivity contribution in [3.05, 3.63) is 35.9 Å². The van der Waals surface area contributed by atoms with E-state index < -0.39 is 0 Å². The van der Waals surface area contributed by atoms with Gasteiger partial charge in [0.1, 0.15) is 6.61 Å². The summed E-state index contributed by atoms with van der Waals surface area (Å²) in [6.45, 7) is 4.23. The fraction of sp³-hybridized carbons (Fsp3) is 0.500. The molecule has 1 heterocycles. The third-order valence-electron chi connectivity index (χ3n) is 3.06. The van der Waals surface area contributed by atoms with E-state index in [9.17, 15) is 4.79 Å². The van der Waals surface area contributed by atoms with Crippen LogP contribution in [-0.2, 0) is 16.1 Å². The van der Waals surface area contributed by atoms with Gasteiger partial charge in [-0.1, -0.05) is 37.3 Å². The monoisotopic (exact) mass is 249 g/mol. The quantitative estimate of drug-likeness (QED) is 0.826. The summed E-state index contributed by atoms with van der Waals surface area (Å²) in [5, 5.41) is 0. The van der Waals surface area contributed by atoms with Gasteiger partial charge >= 0.3 is 6.09 Å². The van der Waals surface area contributed by atoms with E-state index in [1.54, 1.807) is 4.90 Å². The number of carbonyl (C=O) groups excluding carboxylic acids is 1. The molecule has 1 fully saturated rings. The number of morpholine rings is 1. The highest BCUT2D eigenvalue weighted by molar-refractivity contribution is 5.67. The number of hydrogen-bond acceptors (Lipinski definition) is 3. The highest BCUT2D eigenvalue weighted by Gasteiger charge is 2.23. The van der Waals surface area contributed by atoms with Crippen molar-refractivity contribution in [2.24, 2.45) is 0 Å². The second-order valence-corrected chi connectivity index (χ2v) is 4.39. The first-order chi connectivity index (χ1) is 8.79. The van der Waals surface area contributed by atoms with Crippen LogP contribution >= 0.6 is 0 Å². The van der Waals surface area contributed by atoms with Crippen molar-refractivity contribution in [2.45, 2.75) is 26.1 Å². The predicted octanol–water partition coefficient (Wildman–Crippen LogP) is 2.43. The van der Waals surface area contributed by atoms with Crippen LogP contribution in [0.25, 0.3) is 0 Å². The molecule has 2 rings (SSSR count). The molecule has 1 atom stereocenters. The Kier molecular flexibility index (Phi) is 4.59. The van der Waals surface area contributed by atoms with E-state index in [1.165, 1.54) is 0 Å². The molecule has 0 N–H and O–H groups in total. The van der Waals surface area contributed by atoms with Crippen LogP contribution in [0.3, 0.4) is 0 Å². The maximum Gasteiger partial charge on any atom is 0.410 e. The number of nitrogens with zero attached hydrogens (tertiary/aromatic N) is 1. The molecule has 0 radical (unpaired) electrons. The summed E-state index contributed by atoms with van der Waals surface area (Å²) in [4.78, 5) is 13.6. The largest absolute Gasteiger partial charge is 0.445 e. The number of benzene rings is 1. The molecule has 1 aromatic rings. The first kappa shape index (κ1) is 12.9. The normalized spacial score (nSPS) is 19.6. The standard InChI is InChI=1S/C14H19NO3/c1-2-13-10-15(8-9-17-13)14(16)18-11-12-6-4-3-5-7-12/h3-7,13H,2,8-11H2,1H3/t13-/m1/s1. The van der Waals surface area contributed by atoms with Gasteiger partial charge in [0.15, 0.2) is 0 Å². The lowest BCUT2D eigenvalue weighted by molar-refractivity contribution is -0.0292. The van der Waals surface area contributed by atoms with Gasteiger partial charge in [-0.2, -0.15) is 0 Å². The van der Waals surface area contributed by atoms with Crippen molar-refractivity contribution in [3.63, 3.8) is 0 Å². The van der Waals surface area contributed by atoms with Crippen molar-refractivity contribution >= 4 is 6.09 Å². The summed E-state index contributed by atoms with van der Waals surface area (Å²) in [5.74, 6) is 0. The van der Waals surface area contributed by atoms with Gasteiger partial charge in [-0.3, -0.25) is 0 Å².